The van der Waals surface area contributed by atoms with Crippen LogP contribution in [0.1, 0.15) is 60.3 Å². The largest absolute Gasteiger partial charge is 0.457 e. The summed E-state index contributed by atoms with van der Waals surface area (Å²) in [7, 11) is 0. The second-order valence-electron chi connectivity index (χ2n) is 10.3. The van der Waals surface area contributed by atoms with Crippen molar-refractivity contribution < 1.29 is 28.6 Å². The van der Waals surface area contributed by atoms with Crippen molar-refractivity contribution in [1.82, 2.24) is 0 Å². The Balaban J connectivity index is 1.56. The van der Waals surface area contributed by atoms with Crippen LogP contribution in [0.5, 0.6) is 0 Å². The Kier molecular flexibility index (Phi) is 4.97. The van der Waals surface area contributed by atoms with Gasteiger partial charge in [-0.3, -0.25) is 9.59 Å². The number of rotatable bonds is 5. The molecule has 5 unspecified atom stereocenters. The molecule has 28 heavy (non-hydrogen) atoms. The van der Waals surface area contributed by atoms with Gasteiger partial charge in [0.05, 0.1) is 11.5 Å². The molecule has 7 nitrogen and oxygen atoms in total. The Hall–Kier alpha value is -2.10. The van der Waals surface area contributed by atoms with Gasteiger partial charge in [0.1, 0.15) is 12.2 Å². The van der Waals surface area contributed by atoms with Crippen LogP contribution in [0.4, 0.5) is 0 Å². The fourth-order valence-electron chi connectivity index (χ4n) is 5.40. The number of hydrogen-bond acceptors (Lipinski definition) is 7. The first-order valence-electron chi connectivity index (χ1n) is 9.87. The van der Waals surface area contributed by atoms with Gasteiger partial charge in [0.25, 0.3) is 0 Å². The lowest BCUT2D eigenvalue weighted by Gasteiger charge is -2.32. The summed E-state index contributed by atoms with van der Waals surface area (Å²) in [6, 6.07) is 2.15. The highest BCUT2D eigenvalue weighted by molar-refractivity contribution is 5.84. The van der Waals surface area contributed by atoms with E-state index in [4.69, 9.17) is 14.2 Å². The van der Waals surface area contributed by atoms with E-state index in [1.165, 1.54) is 0 Å². The Morgan fingerprint density at radius 1 is 1.25 bits per heavy atom. The Bertz CT molecular complexity index is 730. The third-order valence-electron chi connectivity index (χ3n) is 6.10. The lowest BCUT2D eigenvalue weighted by atomic mass is 9.76. The van der Waals surface area contributed by atoms with E-state index in [2.05, 4.69) is 6.07 Å². The van der Waals surface area contributed by atoms with Crippen molar-refractivity contribution in [3.8, 4) is 6.07 Å². The molecule has 2 saturated carbocycles. The molecular weight excluding hydrogens is 362 g/mol. The van der Waals surface area contributed by atoms with Gasteiger partial charge in [-0.1, -0.05) is 20.8 Å². The summed E-state index contributed by atoms with van der Waals surface area (Å²) in [5.74, 6) is -1.66. The summed E-state index contributed by atoms with van der Waals surface area (Å²) in [4.78, 5) is 36.8. The zero-order valence-corrected chi connectivity index (χ0v) is 17.2. The van der Waals surface area contributed by atoms with Crippen molar-refractivity contribution in [3.63, 3.8) is 0 Å². The van der Waals surface area contributed by atoms with Crippen molar-refractivity contribution >= 4 is 17.9 Å². The molecule has 5 atom stereocenters. The quantitative estimate of drug-likeness (QED) is 0.524. The Morgan fingerprint density at radius 3 is 2.54 bits per heavy atom. The van der Waals surface area contributed by atoms with Gasteiger partial charge in [0, 0.05) is 5.92 Å². The van der Waals surface area contributed by atoms with Crippen molar-refractivity contribution in [3.05, 3.63) is 0 Å². The van der Waals surface area contributed by atoms with Crippen LogP contribution in [-0.2, 0) is 28.6 Å². The van der Waals surface area contributed by atoms with E-state index in [9.17, 15) is 19.6 Å². The Labute approximate surface area is 165 Å². The van der Waals surface area contributed by atoms with E-state index in [0.717, 1.165) is 6.42 Å². The highest BCUT2D eigenvalue weighted by Crippen LogP contribution is 2.59. The van der Waals surface area contributed by atoms with E-state index >= 15 is 0 Å². The first-order chi connectivity index (χ1) is 12.9. The van der Waals surface area contributed by atoms with Crippen LogP contribution < -0.4 is 0 Å². The molecule has 1 heterocycles. The van der Waals surface area contributed by atoms with E-state index in [1.807, 2.05) is 20.8 Å². The van der Waals surface area contributed by atoms with Gasteiger partial charge in [0.2, 0.25) is 0 Å². The minimum atomic E-state index is -1.08. The Morgan fingerprint density at radius 2 is 1.93 bits per heavy atom. The average Bonchev–Trinajstić information content (AvgIpc) is 3.01. The molecule has 0 aromatic carbocycles. The molecule has 2 bridgehead atoms. The van der Waals surface area contributed by atoms with E-state index in [1.54, 1.807) is 13.8 Å². The zero-order valence-electron chi connectivity index (χ0n) is 17.2. The first-order valence-corrected chi connectivity index (χ1v) is 9.87. The average molecular weight is 391 g/mol. The van der Waals surface area contributed by atoms with Crippen LogP contribution >= 0.6 is 0 Å². The number of fused-ring (bicyclic) bond motifs is 1. The molecule has 1 saturated heterocycles. The van der Waals surface area contributed by atoms with Gasteiger partial charge in [-0.2, -0.15) is 5.26 Å². The topological polar surface area (TPSA) is 103 Å². The normalized spacial score (nSPS) is 33.8. The number of carbonyl (C=O) groups is 3. The van der Waals surface area contributed by atoms with Crippen molar-refractivity contribution in [2.75, 3.05) is 6.61 Å². The number of carbonyl (C=O) groups excluding carboxylic acids is 3. The van der Waals surface area contributed by atoms with Crippen molar-refractivity contribution in [2.45, 2.75) is 72.5 Å². The number of ether oxygens (including phenoxy) is 3. The molecule has 0 N–H and O–H groups in total. The molecule has 2 aliphatic carbocycles. The van der Waals surface area contributed by atoms with Crippen LogP contribution in [0, 0.1) is 39.4 Å². The van der Waals surface area contributed by atoms with Crippen molar-refractivity contribution in [1.29, 1.82) is 5.26 Å². The molecule has 0 aromatic heterocycles. The third kappa shape index (κ3) is 3.61. The summed E-state index contributed by atoms with van der Waals surface area (Å²) in [5, 5.41) is 9.51. The van der Waals surface area contributed by atoms with Crippen LogP contribution in [-0.4, -0.2) is 36.7 Å². The van der Waals surface area contributed by atoms with Crippen LogP contribution in [0.2, 0.25) is 0 Å². The third-order valence-corrected chi connectivity index (χ3v) is 6.10. The van der Waals surface area contributed by atoms with Gasteiger partial charge in [-0.05, 0) is 50.9 Å². The maximum absolute atomic E-state index is 12.4. The molecule has 0 spiro atoms. The van der Waals surface area contributed by atoms with Gasteiger partial charge in [-0.25, -0.2) is 4.79 Å². The monoisotopic (exact) mass is 391 g/mol. The molecule has 3 aliphatic rings. The molecular formula is C21H29NO6. The highest BCUT2D eigenvalue weighted by atomic mass is 16.6. The molecule has 7 heteroatoms. The smallest absolute Gasteiger partial charge is 0.344 e. The molecule has 1 aliphatic heterocycles. The number of hydrogen-bond donors (Lipinski definition) is 0. The molecule has 3 rings (SSSR count). The van der Waals surface area contributed by atoms with E-state index < -0.39 is 47.6 Å². The number of esters is 3. The van der Waals surface area contributed by atoms with Gasteiger partial charge >= 0.3 is 17.9 Å². The van der Waals surface area contributed by atoms with Crippen molar-refractivity contribution in [2.24, 2.45) is 28.1 Å². The summed E-state index contributed by atoms with van der Waals surface area (Å²) in [6.45, 7) is 9.24. The molecule has 3 fully saturated rings. The fraction of sp³-hybridized carbons (Fsp3) is 0.810. The highest BCUT2D eigenvalue weighted by Gasteiger charge is 2.67. The minimum absolute atomic E-state index is 0.0516. The SMILES string of the molecule is CC(C)(C)CC(C)(C)C(=O)OCC(=O)OC1CC2CC3C1OC(=O)C3(C#N)C2. The van der Waals surface area contributed by atoms with E-state index in [0.29, 0.717) is 19.3 Å². The van der Waals surface area contributed by atoms with Crippen LogP contribution in [0.3, 0.4) is 0 Å². The first kappa shape index (κ1) is 20.6. The summed E-state index contributed by atoms with van der Waals surface area (Å²) in [5.41, 5.74) is -1.85. The summed E-state index contributed by atoms with van der Waals surface area (Å²) < 4.78 is 16.1. The maximum atomic E-state index is 12.4. The molecule has 154 valence electrons. The fourth-order valence-corrected chi connectivity index (χ4v) is 5.40. The van der Waals surface area contributed by atoms with Gasteiger partial charge in [-0.15, -0.1) is 0 Å². The zero-order chi connectivity index (χ0) is 20.9. The van der Waals surface area contributed by atoms with E-state index in [-0.39, 0.29) is 17.3 Å². The summed E-state index contributed by atoms with van der Waals surface area (Å²) >= 11 is 0. The van der Waals surface area contributed by atoms with Gasteiger partial charge < -0.3 is 14.2 Å². The summed E-state index contributed by atoms with van der Waals surface area (Å²) in [6.07, 6.45) is 1.23. The van der Waals surface area contributed by atoms with Crippen LogP contribution in [0.25, 0.3) is 0 Å². The molecule has 0 aromatic rings. The predicted octanol–water partition coefficient (Wildman–Crippen LogP) is 2.77. The molecule has 0 radical (unpaired) electrons. The molecule has 0 amide bonds. The number of nitriles is 1. The maximum Gasteiger partial charge on any atom is 0.344 e. The minimum Gasteiger partial charge on any atom is -0.457 e. The predicted molar refractivity (Wildman–Crippen MR) is 97.4 cm³/mol. The number of nitrogens with zero attached hydrogens (tertiary/aromatic N) is 1. The van der Waals surface area contributed by atoms with Gasteiger partial charge in [0.15, 0.2) is 12.0 Å². The second-order valence-corrected chi connectivity index (χ2v) is 10.3. The standard InChI is InChI=1S/C21H29NO6/c1-19(2,3)10-20(4,5)17(24)26-9-15(23)27-14-7-12-6-13-16(14)28-18(25)21(13,8-12)11-22/h12-14,16H,6-10H2,1-5H3. The van der Waals surface area contributed by atoms with Crippen LogP contribution in [0.15, 0.2) is 0 Å². The second kappa shape index (κ2) is 6.75. The lowest BCUT2D eigenvalue weighted by molar-refractivity contribution is -0.177. The lowest BCUT2D eigenvalue weighted by Crippen LogP contribution is -2.41.